The van der Waals surface area contributed by atoms with Crippen LogP contribution in [0.5, 0.6) is 0 Å². The Labute approximate surface area is 101 Å². The topological polar surface area (TPSA) is 54.5 Å². The van der Waals surface area contributed by atoms with Crippen LogP contribution in [-0.4, -0.2) is 39.5 Å². The Balaban J connectivity index is 2.98. The minimum Gasteiger partial charge on any atom is -0.338 e. The van der Waals surface area contributed by atoms with Gasteiger partial charge in [-0.1, -0.05) is 0 Å². The van der Waals surface area contributed by atoms with E-state index in [1.54, 1.807) is 19.0 Å². The van der Waals surface area contributed by atoms with Gasteiger partial charge in [0.1, 0.15) is 0 Å². The molecule has 0 aliphatic heterocycles. The number of sulfone groups is 1. The fourth-order valence-corrected chi connectivity index (χ4v) is 1.72. The molecular weight excluding hydrogens is 238 g/mol. The summed E-state index contributed by atoms with van der Waals surface area (Å²) in [4.78, 5) is 13.3. The van der Waals surface area contributed by atoms with Crippen LogP contribution < -0.4 is 0 Å². The van der Waals surface area contributed by atoms with E-state index >= 15 is 0 Å². The maximum atomic E-state index is 11.6. The Hall–Kier alpha value is -1.80. The van der Waals surface area contributed by atoms with Crippen molar-refractivity contribution in [2.45, 2.75) is 4.90 Å². The van der Waals surface area contributed by atoms with Crippen LogP contribution in [0.1, 0.15) is 10.4 Å². The SMILES string of the molecule is CN(C)C#CC(=O)c1ccc(S(C)(=O)=O)cc1. The van der Waals surface area contributed by atoms with Crippen molar-refractivity contribution >= 4 is 15.6 Å². The molecule has 0 saturated heterocycles. The van der Waals surface area contributed by atoms with E-state index in [-0.39, 0.29) is 10.7 Å². The third-order valence-corrected chi connectivity index (χ3v) is 3.07. The van der Waals surface area contributed by atoms with Crippen molar-refractivity contribution in [3.05, 3.63) is 29.8 Å². The summed E-state index contributed by atoms with van der Waals surface area (Å²) in [7, 11) is 0.232. The molecule has 0 saturated carbocycles. The number of carbonyl (C=O) groups excluding carboxylic acids is 1. The fourth-order valence-electron chi connectivity index (χ4n) is 1.09. The van der Waals surface area contributed by atoms with Gasteiger partial charge in [-0.15, -0.1) is 0 Å². The molecule has 0 spiro atoms. The van der Waals surface area contributed by atoms with Crippen LogP contribution in [0.3, 0.4) is 0 Å². The predicted molar refractivity (Wildman–Crippen MR) is 65.3 cm³/mol. The Kier molecular flexibility index (Phi) is 3.92. The standard InChI is InChI=1S/C12H13NO3S/c1-13(2)9-8-12(14)10-4-6-11(7-5-10)17(3,15)16/h4-7H,1-3H3. The zero-order valence-corrected chi connectivity index (χ0v) is 10.7. The zero-order chi connectivity index (χ0) is 13.1. The lowest BCUT2D eigenvalue weighted by molar-refractivity contribution is 0.105. The first-order chi connectivity index (χ1) is 7.80. The molecule has 0 aliphatic carbocycles. The Morgan fingerprint density at radius 1 is 1.18 bits per heavy atom. The summed E-state index contributed by atoms with van der Waals surface area (Å²) in [6, 6.07) is 8.33. The Bertz CT molecular complexity index is 574. The number of Topliss-reactive ketones (excluding diaryl/α,β-unsaturated/α-hetero) is 1. The van der Waals surface area contributed by atoms with Gasteiger partial charge in [0.15, 0.2) is 9.84 Å². The van der Waals surface area contributed by atoms with Crippen LogP contribution >= 0.6 is 0 Å². The maximum Gasteiger partial charge on any atom is 0.237 e. The molecule has 0 fully saturated rings. The number of benzene rings is 1. The van der Waals surface area contributed by atoms with E-state index in [0.717, 1.165) is 6.26 Å². The molecule has 0 N–H and O–H groups in total. The summed E-state index contributed by atoms with van der Waals surface area (Å²) in [6.45, 7) is 0. The molecule has 17 heavy (non-hydrogen) atoms. The van der Waals surface area contributed by atoms with Crippen LogP contribution in [0.25, 0.3) is 0 Å². The molecule has 0 aliphatic rings. The summed E-state index contributed by atoms with van der Waals surface area (Å²) < 4.78 is 22.4. The second-order valence-corrected chi connectivity index (χ2v) is 5.77. The molecule has 0 amide bonds. The van der Waals surface area contributed by atoms with Crippen molar-refractivity contribution < 1.29 is 13.2 Å². The quantitative estimate of drug-likeness (QED) is 0.443. The minimum absolute atomic E-state index is 0.189. The summed E-state index contributed by atoms with van der Waals surface area (Å²) in [6.07, 6.45) is 1.12. The number of carbonyl (C=O) groups is 1. The average molecular weight is 251 g/mol. The third kappa shape index (κ3) is 3.93. The van der Waals surface area contributed by atoms with E-state index in [4.69, 9.17) is 0 Å². The molecular formula is C12H13NO3S. The molecule has 90 valence electrons. The molecule has 0 aromatic heterocycles. The lowest BCUT2D eigenvalue weighted by Crippen LogP contribution is -2.04. The second kappa shape index (κ2) is 5.02. The van der Waals surface area contributed by atoms with Crippen LogP contribution in [0.4, 0.5) is 0 Å². The highest BCUT2D eigenvalue weighted by atomic mass is 32.2. The average Bonchev–Trinajstić information content (AvgIpc) is 2.25. The van der Waals surface area contributed by atoms with Crippen LogP contribution in [0.15, 0.2) is 29.2 Å². The van der Waals surface area contributed by atoms with Crippen molar-refractivity contribution in [1.29, 1.82) is 0 Å². The van der Waals surface area contributed by atoms with Crippen LogP contribution in [0.2, 0.25) is 0 Å². The number of ketones is 1. The van der Waals surface area contributed by atoms with Gasteiger partial charge in [-0.05, 0) is 30.2 Å². The molecule has 0 heterocycles. The molecule has 1 aromatic rings. The van der Waals surface area contributed by atoms with Gasteiger partial charge in [0.25, 0.3) is 0 Å². The van der Waals surface area contributed by atoms with Gasteiger partial charge in [0.05, 0.1) is 4.90 Å². The van der Waals surface area contributed by atoms with Gasteiger partial charge in [-0.2, -0.15) is 0 Å². The monoisotopic (exact) mass is 251 g/mol. The molecule has 0 bridgehead atoms. The van der Waals surface area contributed by atoms with Crippen molar-refractivity contribution in [3.8, 4) is 12.0 Å². The van der Waals surface area contributed by atoms with Gasteiger partial charge in [-0.3, -0.25) is 4.79 Å². The molecule has 4 nitrogen and oxygen atoms in total. The molecule has 5 heteroatoms. The summed E-state index contributed by atoms with van der Waals surface area (Å²) in [5.41, 5.74) is 0.381. The first kappa shape index (κ1) is 13.3. The minimum atomic E-state index is -3.23. The lowest BCUT2D eigenvalue weighted by atomic mass is 10.1. The number of hydrogen-bond donors (Lipinski definition) is 0. The highest BCUT2D eigenvalue weighted by Crippen LogP contribution is 2.10. The smallest absolute Gasteiger partial charge is 0.237 e. The summed E-state index contributed by atoms with van der Waals surface area (Å²) in [5.74, 6) is 2.11. The van der Waals surface area contributed by atoms with Crippen molar-refractivity contribution in [2.75, 3.05) is 20.4 Å². The van der Waals surface area contributed by atoms with Gasteiger partial charge in [0, 0.05) is 32.0 Å². The predicted octanol–water partition coefficient (Wildman–Crippen LogP) is 0.795. The van der Waals surface area contributed by atoms with E-state index in [1.807, 2.05) is 0 Å². The van der Waals surface area contributed by atoms with Crippen molar-refractivity contribution in [3.63, 3.8) is 0 Å². The largest absolute Gasteiger partial charge is 0.338 e. The lowest BCUT2D eigenvalue weighted by Gasteiger charge is -1.99. The van der Waals surface area contributed by atoms with E-state index in [9.17, 15) is 13.2 Å². The van der Waals surface area contributed by atoms with Crippen molar-refractivity contribution in [1.82, 2.24) is 4.90 Å². The molecule has 1 aromatic carbocycles. The van der Waals surface area contributed by atoms with Crippen LogP contribution in [0, 0.1) is 12.0 Å². The fraction of sp³-hybridized carbons (Fsp3) is 0.250. The molecule has 1 rings (SSSR count). The van der Waals surface area contributed by atoms with Gasteiger partial charge < -0.3 is 4.90 Å². The molecule has 0 atom stereocenters. The Morgan fingerprint density at radius 2 is 1.71 bits per heavy atom. The number of hydrogen-bond acceptors (Lipinski definition) is 4. The number of nitrogens with zero attached hydrogens (tertiary/aromatic N) is 1. The van der Waals surface area contributed by atoms with Gasteiger partial charge in [-0.25, -0.2) is 8.42 Å². The maximum absolute atomic E-state index is 11.6. The first-order valence-corrected chi connectivity index (χ1v) is 6.73. The van der Waals surface area contributed by atoms with Gasteiger partial charge >= 0.3 is 0 Å². The van der Waals surface area contributed by atoms with Crippen molar-refractivity contribution in [2.24, 2.45) is 0 Å². The summed E-state index contributed by atoms with van der Waals surface area (Å²) in [5, 5.41) is 0. The second-order valence-electron chi connectivity index (χ2n) is 3.76. The van der Waals surface area contributed by atoms with E-state index in [2.05, 4.69) is 12.0 Å². The van der Waals surface area contributed by atoms with E-state index < -0.39 is 9.84 Å². The first-order valence-electron chi connectivity index (χ1n) is 4.84. The summed E-state index contributed by atoms with van der Waals surface area (Å²) >= 11 is 0. The number of rotatable bonds is 2. The highest BCUT2D eigenvalue weighted by Gasteiger charge is 2.08. The van der Waals surface area contributed by atoms with E-state index in [0.29, 0.717) is 5.56 Å². The zero-order valence-electron chi connectivity index (χ0n) is 9.89. The Morgan fingerprint density at radius 3 is 2.12 bits per heavy atom. The highest BCUT2D eigenvalue weighted by molar-refractivity contribution is 7.90. The van der Waals surface area contributed by atoms with E-state index in [1.165, 1.54) is 24.3 Å². The van der Waals surface area contributed by atoms with Gasteiger partial charge in [0.2, 0.25) is 5.78 Å². The molecule has 0 radical (unpaired) electrons. The molecule has 0 unspecified atom stereocenters. The normalized spacial score (nSPS) is 10.3. The van der Waals surface area contributed by atoms with Crippen LogP contribution in [-0.2, 0) is 9.84 Å². The third-order valence-electron chi connectivity index (χ3n) is 1.94.